The van der Waals surface area contributed by atoms with E-state index in [1.165, 1.54) is 6.92 Å². The Morgan fingerprint density at radius 1 is 1.75 bits per heavy atom. The molecule has 0 spiro atoms. The number of imidazole rings is 1. The Bertz CT molecular complexity index is 602. The molecule has 2 N–H and O–H groups in total. The molecule has 8 heteroatoms. The number of H-pyrrole nitrogens is 1. The summed E-state index contributed by atoms with van der Waals surface area (Å²) < 4.78 is 17.9. The maximum Gasteiger partial charge on any atom is 0.303 e. The van der Waals surface area contributed by atoms with Gasteiger partial charge in [0, 0.05) is 6.92 Å². The highest BCUT2D eigenvalue weighted by atomic mass is 19.2. The van der Waals surface area contributed by atoms with E-state index in [1.54, 1.807) is 0 Å². The third kappa shape index (κ3) is 1.76. The lowest BCUT2D eigenvalue weighted by atomic mass is 10.5. The maximum atomic E-state index is 13.2. The zero-order chi connectivity index (χ0) is 11.7. The minimum atomic E-state index is -0.460. The van der Waals surface area contributed by atoms with Crippen molar-refractivity contribution in [1.82, 2.24) is 19.7 Å². The Kier molecular flexibility index (Phi) is 2.39. The number of carbonyl (C=O) groups excluding carboxylic acids is 1. The third-order valence-electron chi connectivity index (χ3n) is 1.87. The zero-order valence-corrected chi connectivity index (χ0v) is 8.32. The van der Waals surface area contributed by atoms with Crippen molar-refractivity contribution in [3.8, 4) is 0 Å². The SMILES string of the molecule is CC(=O)OCc1nc2c([nH]1)c(=N)ncn2F. The quantitative estimate of drug-likeness (QED) is 0.705. The number of nitrogens with zero attached hydrogens (tertiary/aromatic N) is 3. The number of rotatable bonds is 2. The highest BCUT2D eigenvalue weighted by molar-refractivity contribution is 5.69. The van der Waals surface area contributed by atoms with Gasteiger partial charge >= 0.3 is 5.97 Å². The molecule has 7 nitrogen and oxygen atoms in total. The minimum Gasteiger partial charge on any atom is -0.458 e. The van der Waals surface area contributed by atoms with Crippen molar-refractivity contribution in [2.45, 2.75) is 13.5 Å². The average Bonchev–Trinajstić information content (AvgIpc) is 2.66. The van der Waals surface area contributed by atoms with Gasteiger partial charge in [0.2, 0.25) is 0 Å². The Morgan fingerprint density at radius 2 is 2.50 bits per heavy atom. The largest absolute Gasteiger partial charge is 0.458 e. The van der Waals surface area contributed by atoms with Gasteiger partial charge in [0.25, 0.3) is 0 Å². The van der Waals surface area contributed by atoms with Gasteiger partial charge in [-0.05, 0) is 0 Å². The van der Waals surface area contributed by atoms with Crippen LogP contribution in [0.5, 0.6) is 0 Å². The number of aromatic nitrogens is 4. The molecule has 0 amide bonds. The Hall–Kier alpha value is -2.25. The molecule has 0 fully saturated rings. The maximum absolute atomic E-state index is 13.2. The van der Waals surface area contributed by atoms with Gasteiger partial charge in [-0.25, -0.2) is 9.97 Å². The van der Waals surface area contributed by atoms with Gasteiger partial charge in [-0.3, -0.25) is 10.2 Å². The van der Waals surface area contributed by atoms with Crippen LogP contribution in [0.1, 0.15) is 12.7 Å². The second-order valence-electron chi connectivity index (χ2n) is 3.07. The molecule has 16 heavy (non-hydrogen) atoms. The summed E-state index contributed by atoms with van der Waals surface area (Å²) in [6, 6.07) is 0. The Morgan fingerprint density at radius 3 is 3.12 bits per heavy atom. The molecule has 2 aromatic heterocycles. The lowest BCUT2D eigenvalue weighted by Crippen LogP contribution is -2.08. The molecule has 84 valence electrons. The fourth-order valence-corrected chi connectivity index (χ4v) is 1.20. The molecule has 0 aromatic carbocycles. The molecule has 0 bridgehead atoms. The molecule has 0 unspecified atom stereocenters. The van der Waals surface area contributed by atoms with E-state index in [9.17, 15) is 9.28 Å². The van der Waals surface area contributed by atoms with Crippen molar-refractivity contribution in [2.24, 2.45) is 0 Å². The van der Waals surface area contributed by atoms with Crippen LogP contribution >= 0.6 is 0 Å². The third-order valence-corrected chi connectivity index (χ3v) is 1.87. The van der Waals surface area contributed by atoms with Crippen molar-refractivity contribution in [2.75, 3.05) is 0 Å². The molecule has 2 heterocycles. The predicted octanol–water partition coefficient (Wildman–Crippen LogP) is 0.0346. The first-order valence-electron chi connectivity index (χ1n) is 4.38. The molecule has 2 rings (SSSR count). The zero-order valence-electron chi connectivity index (χ0n) is 8.32. The number of ether oxygens (including phenoxy) is 1. The summed E-state index contributed by atoms with van der Waals surface area (Å²) in [4.78, 5) is 20.8. The van der Waals surface area contributed by atoms with Gasteiger partial charge in [-0.1, -0.05) is 4.48 Å². The van der Waals surface area contributed by atoms with Gasteiger partial charge in [0.1, 0.15) is 24.3 Å². The molecule has 0 saturated carbocycles. The molecular formula is C8H8FN5O2. The molecule has 0 aliphatic rings. The van der Waals surface area contributed by atoms with E-state index in [0.717, 1.165) is 6.33 Å². The summed E-state index contributed by atoms with van der Waals surface area (Å²) >= 11 is 0. The van der Waals surface area contributed by atoms with Crippen molar-refractivity contribution in [3.63, 3.8) is 0 Å². The Balaban J connectivity index is 2.43. The van der Waals surface area contributed by atoms with E-state index >= 15 is 0 Å². The summed E-state index contributed by atoms with van der Waals surface area (Å²) in [5.74, 6) is -0.198. The number of nitrogens with one attached hydrogen (secondary N) is 2. The standard InChI is InChI=1S/C8H8FN5O2/c1-4(15)16-2-5-12-6-7(10)11-3-14(9)8(6)13-5/h3,10H,2H2,1H3,(H,12,13). The number of aromatic amines is 1. The van der Waals surface area contributed by atoms with Gasteiger partial charge in [0.15, 0.2) is 11.1 Å². The van der Waals surface area contributed by atoms with Crippen LogP contribution in [0.25, 0.3) is 11.2 Å². The average molecular weight is 225 g/mol. The lowest BCUT2D eigenvalue weighted by molar-refractivity contribution is -0.142. The van der Waals surface area contributed by atoms with Crippen LogP contribution in [0.4, 0.5) is 4.48 Å². The fourth-order valence-electron chi connectivity index (χ4n) is 1.20. The topological polar surface area (TPSA) is 96.7 Å². The van der Waals surface area contributed by atoms with E-state index in [0.29, 0.717) is 0 Å². The normalized spacial score (nSPS) is 10.6. The smallest absolute Gasteiger partial charge is 0.303 e. The molecule has 0 atom stereocenters. The van der Waals surface area contributed by atoms with Gasteiger partial charge in [0.05, 0.1) is 0 Å². The van der Waals surface area contributed by atoms with E-state index in [4.69, 9.17) is 10.1 Å². The summed E-state index contributed by atoms with van der Waals surface area (Å²) in [5.41, 5.74) is -0.0141. The molecule has 0 aliphatic carbocycles. The summed E-state index contributed by atoms with van der Waals surface area (Å²) in [5, 5.41) is 7.42. The second kappa shape index (κ2) is 3.72. The predicted molar refractivity (Wildman–Crippen MR) is 49.7 cm³/mol. The second-order valence-corrected chi connectivity index (χ2v) is 3.07. The van der Waals surface area contributed by atoms with E-state index in [2.05, 4.69) is 15.0 Å². The first-order chi connectivity index (χ1) is 7.58. The van der Waals surface area contributed by atoms with E-state index in [-0.39, 0.29) is 33.9 Å². The molecule has 0 aliphatic heterocycles. The highest BCUT2D eigenvalue weighted by Crippen LogP contribution is 2.07. The van der Waals surface area contributed by atoms with Crippen molar-refractivity contribution in [3.05, 3.63) is 17.6 Å². The van der Waals surface area contributed by atoms with Gasteiger partial charge < -0.3 is 9.72 Å². The van der Waals surface area contributed by atoms with Crippen LogP contribution < -0.4 is 5.49 Å². The number of halogens is 1. The molecule has 2 aromatic rings. The number of hydrogen-bond acceptors (Lipinski definition) is 5. The minimum absolute atomic E-state index is 0.0536. The summed E-state index contributed by atoms with van der Waals surface area (Å²) in [6.45, 7) is 1.17. The number of hydrogen-bond donors (Lipinski definition) is 2. The van der Waals surface area contributed by atoms with Crippen LogP contribution in [0, 0.1) is 5.41 Å². The van der Waals surface area contributed by atoms with E-state index in [1.807, 2.05) is 0 Å². The van der Waals surface area contributed by atoms with E-state index < -0.39 is 5.97 Å². The van der Waals surface area contributed by atoms with Crippen LogP contribution in [-0.4, -0.2) is 25.7 Å². The monoisotopic (exact) mass is 225 g/mol. The molecule has 0 radical (unpaired) electrons. The number of fused-ring (bicyclic) bond motifs is 1. The molecule has 0 saturated heterocycles. The lowest BCUT2D eigenvalue weighted by Gasteiger charge is -1.95. The van der Waals surface area contributed by atoms with Crippen LogP contribution in [0.3, 0.4) is 0 Å². The van der Waals surface area contributed by atoms with Crippen molar-refractivity contribution >= 4 is 17.1 Å². The summed E-state index contributed by atoms with van der Waals surface area (Å²) in [7, 11) is 0. The first-order valence-corrected chi connectivity index (χ1v) is 4.38. The summed E-state index contributed by atoms with van der Waals surface area (Å²) in [6.07, 6.45) is 0.848. The van der Waals surface area contributed by atoms with Crippen LogP contribution in [-0.2, 0) is 16.1 Å². The van der Waals surface area contributed by atoms with Crippen molar-refractivity contribution in [1.29, 1.82) is 5.41 Å². The van der Waals surface area contributed by atoms with Crippen molar-refractivity contribution < 1.29 is 14.0 Å². The van der Waals surface area contributed by atoms with Gasteiger partial charge in [-0.15, -0.1) is 4.79 Å². The highest BCUT2D eigenvalue weighted by Gasteiger charge is 2.09. The number of carbonyl (C=O) groups is 1. The Labute approximate surface area is 88.3 Å². The van der Waals surface area contributed by atoms with Crippen LogP contribution in [0.15, 0.2) is 6.33 Å². The molecular weight excluding hydrogens is 217 g/mol. The number of esters is 1. The van der Waals surface area contributed by atoms with Crippen LogP contribution in [0.2, 0.25) is 0 Å². The van der Waals surface area contributed by atoms with Gasteiger partial charge in [-0.2, -0.15) is 0 Å². The first kappa shape index (κ1) is 10.3. The fraction of sp³-hybridized carbons (Fsp3) is 0.250.